The highest BCUT2D eigenvalue weighted by Crippen LogP contribution is 2.42. The van der Waals surface area contributed by atoms with Gasteiger partial charge in [0.05, 0.1) is 0 Å². The van der Waals surface area contributed by atoms with Crippen molar-refractivity contribution in [3.05, 3.63) is 119 Å². The summed E-state index contributed by atoms with van der Waals surface area (Å²) in [6.45, 7) is 0. The van der Waals surface area contributed by atoms with Crippen LogP contribution in [0.1, 0.15) is 28.9 Å². The smallest absolute Gasteiger partial charge is 0.356 e. The summed E-state index contributed by atoms with van der Waals surface area (Å²) in [5, 5.41) is 12.6. The molecule has 1 saturated heterocycles. The number of rotatable bonds is 8. The molecule has 0 aliphatic carbocycles. The van der Waals surface area contributed by atoms with Crippen molar-refractivity contribution in [2.45, 2.75) is 23.6 Å². The van der Waals surface area contributed by atoms with Crippen molar-refractivity contribution in [1.82, 2.24) is 10.2 Å². The zero-order valence-electron chi connectivity index (χ0n) is 20.2. The number of thioether (sulfide) groups is 1. The van der Waals surface area contributed by atoms with E-state index in [2.05, 4.69) is 5.32 Å². The monoisotopic (exact) mass is 548 g/mol. The van der Waals surface area contributed by atoms with Gasteiger partial charge in [0.25, 0.3) is 11.8 Å². The molecule has 5 rings (SSSR count). The van der Waals surface area contributed by atoms with Crippen LogP contribution in [0.15, 0.2) is 102 Å². The Bertz CT molecular complexity index is 1310. The summed E-state index contributed by atoms with van der Waals surface area (Å²) in [7, 11) is 0. The van der Waals surface area contributed by atoms with Crippen molar-refractivity contribution < 1.29 is 24.2 Å². The molecular weight excluding hydrogens is 524 g/mol. The molecule has 3 aromatic rings. The van der Waals surface area contributed by atoms with E-state index in [1.807, 2.05) is 60.7 Å². The van der Waals surface area contributed by atoms with Crippen molar-refractivity contribution in [3.63, 3.8) is 0 Å². The summed E-state index contributed by atoms with van der Waals surface area (Å²) in [6.07, 6.45) is -2.10. The molecule has 38 heavy (non-hydrogen) atoms. The Morgan fingerprint density at radius 2 is 1.47 bits per heavy atom. The summed E-state index contributed by atoms with van der Waals surface area (Å²) in [4.78, 5) is 40.9. The van der Waals surface area contributed by atoms with Crippen LogP contribution in [0.4, 0.5) is 0 Å². The van der Waals surface area contributed by atoms with E-state index in [1.54, 1.807) is 30.3 Å². The lowest BCUT2D eigenvalue weighted by molar-refractivity contribution is -0.155. The third kappa shape index (κ3) is 5.07. The van der Waals surface area contributed by atoms with Crippen LogP contribution in [0.3, 0.4) is 0 Å². The third-order valence-electron chi connectivity index (χ3n) is 6.49. The highest BCUT2D eigenvalue weighted by atomic mass is 35.5. The fourth-order valence-corrected chi connectivity index (χ4v) is 6.22. The number of benzene rings is 3. The second kappa shape index (κ2) is 11.4. The van der Waals surface area contributed by atoms with Crippen LogP contribution in [-0.2, 0) is 19.1 Å². The fourth-order valence-electron chi connectivity index (χ4n) is 4.54. The van der Waals surface area contributed by atoms with Gasteiger partial charge in [0.2, 0.25) is 0 Å². The largest absolute Gasteiger partial charge is 0.448 e. The number of hydrogen-bond acceptors (Lipinski definition) is 6. The quantitative estimate of drug-likeness (QED) is 0.251. The fraction of sp³-hybridized carbons (Fsp3) is 0.207. The normalized spacial score (nSPS) is 19.4. The van der Waals surface area contributed by atoms with E-state index in [1.165, 1.54) is 16.7 Å². The lowest BCUT2D eigenvalue weighted by Gasteiger charge is -2.49. The molecule has 0 bridgehead atoms. The zero-order valence-corrected chi connectivity index (χ0v) is 21.8. The van der Waals surface area contributed by atoms with Crippen LogP contribution >= 0.6 is 23.4 Å². The molecule has 2 aliphatic heterocycles. The summed E-state index contributed by atoms with van der Waals surface area (Å²) in [6, 6.07) is 26.3. The molecule has 2 amide bonds. The number of alkyl halides is 1. The van der Waals surface area contributed by atoms with Crippen LogP contribution in [-0.4, -0.2) is 50.8 Å². The van der Waals surface area contributed by atoms with Gasteiger partial charge in [-0.1, -0.05) is 91.0 Å². The molecule has 194 valence electrons. The Morgan fingerprint density at radius 3 is 2.00 bits per heavy atom. The number of nitrogens with zero attached hydrogens (tertiary/aromatic N) is 1. The first kappa shape index (κ1) is 26.0. The van der Waals surface area contributed by atoms with Gasteiger partial charge in [-0.3, -0.25) is 14.5 Å². The average molecular weight is 549 g/mol. The van der Waals surface area contributed by atoms with Gasteiger partial charge in [0.15, 0.2) is 12.2 Å². The molecule has 2 aliphatic rings. The van der Waals surface area contributed by atoms with Crippen molar-refractivity contribution in [3.8, 4) is 0 Å². The van der Waals surface area contributed by atoms with Crippen molar-refractivity contribution in [1.29, 1.82) is 0 Å². The Morgan fingerprint density at radius 1 is 0.947 bits per heavy atom. The maximum atomic E-state index is 13.6. The van der Waals surface area contributed by atoms with Crippen LogP contribution in [0.5, 0.6) is 0 Å². The molecule has 2 heterocycles. The molecule has 3 aromatic carbocycles. The van der Waals surface area contributed by atoms with Crippen molar-refractivity contribution in [2.75, 3.05) is 11.6 Å². The Kier molecular flexibility index (Phi) is 7.83. The number of β-lactam (4-membered cyclic amide) rings is 1. The van der Waals surface area contributed by atoms with E-state index in [0.717, 1.165) is 11.1 Å². The van der Waals surface area contributed by atoms with Gasteiger partial charge >= 0.3 is 5.97 Å². The van der Waals surface area contributed by atoms with E-state index in [9.17, 15) is 19.5 Å². The number of ether oxygens (including phenoxy) is 1. The summed E-state index contributed by atoms with van der Waals surface area (Å²) >= 11 is 7.58. The first-order chi connectivity index (χ1) is 18.5. The van der Waals surface area contributed by atoms with Crippen molar-refractivity contribution >= 4 is 41.1 Å². The predicted octanol–water partition coefficient (Wildman–Crippen LogP) is 3.95. The van der Waals surface area contributed by atoms with Gasteiger partial charge in [-0.25, -0.2) is 4.79 Å². The lowest BCUT2D eigenvalue weighted by Crippen LogP contribution is -2.71. The highest BCUT2D eigenvalue weighted by Gasteiger charge is 2.54. The maximum Gasteiger partial charge on any atom is 0.356 e. The average Bonchev–Trinajstić information content (AvgIpc) is 2.98. The van der Waals surface area contributed by atoms with Gasteiger partial charge in [-0.05, 0) is 22.3 Å². The number of amides is 2. The zero-order chi connectivity index (χ0) is 26.6. The summed E-state index contributed by atoms with van der Waals surface area (Å²) in [5.41, 5.74) is 2.69. The number of hydrogen-bond donors (Lipinski definition) is 2. The summed E-state index contributed by atoms with van der Waals surface area (Å²) < 4.78 is 6.02. The van der Waals surface area contributed by atoms with Gasteiger partial charge in [0.1, 0.15) is 17.1 Å². The Balaban J connectivity index is 1.36. The number of aliphatic hydroxyl groups excluding tert-OH is 1. The SMILES string of the molecule is O=C(OC(c1ccccc1)c1ccccc1)C1=C(CCl)CS[C@@H]2[C@H](NC(=O)[C@H](O)c3ccccc3)C(=O)N12. The molecule has 0 unspecified atom stereocenters. The van der Waals surface area contributed by atoms with E-state index < -0.39 is 41.4 Å². The van der Waals surface area contributed by atoms with Crippen LogP contribution in [0.2, 0.25) is 0 Å². The molecule has 0 spiro atoms. The lowest BCUT2D eigenvalue weighted by atomic mass is 10.0. The minimum Gasteiger partial charge on any atom is -0.448 e. The van der Waals surface area contributed by atoms with E-state index >= 15 is 0 Å². The predicted molar refractivity (Wildman–Crippen MR) is 145 cm³/mol. The first-order valence-corrected chi connectivity index (χ1v) is 13.6. The van der Waals surface area contributed by atoms with E-state index in [-0.39, 0.29) is 11.6 Å². The minimum absolute atomic E-state index is 0.0546. The van der Waals surface area contributed by atoms with Gasteiger partial charge in [-0.15, -0.1) is 23.4 Å². The Labute approximate surface area is 229 Å². The molecule has 0 radical (unpaired) electrons. The van der Waals surface area contributed by atoms with Gasteiger partial charge < -0.3 is 15.2 Å². The second-order valence-corrected chi connectivity index (χ2v) is 10.3. The molecule has 0 saturated carbocycles. The molecule has 7 nitrogen and oxygen atoms in total. The van der Waals surface area contributed by atoms with Crippen molar-refractivity contribution in [2.24, 2.45) is 0 Å². The Hall–Kier alpha value is -3.59. The number of halogens is 1. The number of carbonyl (C=O) groups is 3. The standard InChI is InChI=1S/C29H25ClN2O5S/c30-16-21-17-38-28-22(31-26(34)24(33)18-10-4-1-5-11-18)27(35)32(28)23(21)29(36)37-25(19-12-6-2-7-13-19)20-14-8-3-9-15-20/h1-15,22,24-25,28,33H,16-17H2,(H,31,34)/t22-,24-,28-/m1/s1. The second-order valence-electron chi connectivity index (χ2n) is 8.90. The molecule has 0 aromatic heterocycles. The third-order valence-corrected chi connectivity index (χ3v) is 8.16. The van der Waals surface area contributed by atoms with Gasteiger partial charge in [-0.2, -0.15) is 0 Å². The van der Waals surface area contributed by atoms with Crippen LogP contribution in [0.25, 0.3) is 0 Å². The molecule has 1 fully saturated rings. The van der Waals surface area contributed by atoms with E-state index in [0.29, 0.717) is 16.9 Å². The molecule has 3 atom stereocenters. The topological polar surface area (TPSA) is 95.9 Å². The molecule has 9 heteroatoms. The number of esters is 1. The van der Waals surface area contributed by atoms with Gasteiger partial charge in [0, 0.05) is 11.6 Å². The number of nitrogens with one attached hydrogen (secondary N) is 1. The summed E-state index contributed by atoms with van der Waals surface area (Å²) in [5.74, 6) is -1.34. The number of fused-ring (bicyclic) bond motifs is 1. The molecular formula is C29H25ClN2O5S. The first-order valence-electron chi connectivity index (χ1n) is 12.1. The number of aliphatic hydroxyl groups is 1. The van der Waals surface area contributed by atoms with E-state index in [4.69, 9.17) is 16.3 Å². The maximum absolute atomic E-state index is 13.6. The number of carbonyl (C=O) groups excluding carboxylic acids is 3. The van der Waals surface area contributed by atoms with Crippen LogP contribution in [0, 0.1) is 0 Å². The molecule has 2 N–H and O–H groups in total. The minimum atomic E-state index is -1.41. The highest BCUT2D eigenvalue weighted by molar-refractivity contribution is 8.00. The van der Waals surface area contributed by atoms with Crippen LogP contribution < -0.4 is 5.32 Å².